The molecule has 0 aliphatic rings. The van der Waals surface area contributed by atoms with Gasteiger partial charge in [0.15, 0.2) is 0 Å². The molecule has 0 saturated carbocycles. The van der Waals surface area contributed by atoms with Crippen LogP contribution in [-0.4, -0.2) is 18.2 Å². The van der Waals surface area contributed by atoms with Crippen LogP contribution in [0.4, 0.5) is 0 Å². The molecule has 1 aromatic rings. The predicted octanol–water partition coefficient (Wildman–Crippen LogP) is 5.47. The zero-order chi connectivity index (χ0) is 19.0. The van der Waals surface area contributed by atoms with Crippen LogP contribution in [0, 0.1) is 23.7 Å². The maximum Gasteiger partial charge on any atom is 0.339 e. The minimum atomic E-state index is -0.921. The third-order valence-electron chi connectivity index (χ3n) is 4.10. The lowest BCUT2D eigenvalue weighted by Gasteiger charge is -2.10. The third kappa shape index (κ3) is 8.63. The Balaban J connectivity index is 2.20. The van der Waals surface area contributed by atoms with Crippen molar-refractivity contribution in [1.29, 1.82) is 0 Å². The van der Waals surface area contributed by atoms with Crippen LogP contribution in [0.15, 0.2) is 18.2 Å². The fraction of sp³-hybridized carbons (Fsp3) is 0.522. The second kappa shape index (κ2) is 13.9. The SMILES string of the molecule is CCCC#CCC#CCCCCCCCc1cccc(OC)c1C(=O)O. The third-order valence-corrected chi connectivity index (χ3v) is 4.10. The van der Waals surface area contributed by atoms with E-state index in [2.05, 4.69) is 30.6 Å². The molecule has 0 radical (unpaired) electrons. The van der Waals surface area contributed by atoms with Crippen molar-refractivity contribution < 1.29 is 14.6 Å². The van der Waals surface area contributed by atoms with E-state index in [9.17, 15) is 9.90 Å². The zero-order valence-corrected chi connectivity index (χ0v) is 16.1. The number of hydrogen-bond donors (Lipinski definition) is 1. The molecule has 0 saturated heterocycles. The summed E-state index contributed by atoms with van der Waals surface area (Å²) in [6, 6.07) is 5.43. The van der Waals surface area contributed by atoms with E-state index in [0.717, 1.165) is 56.9 Å². The second-order valence-corrected chi connectivity index (χ2v) is 6.20. The summed E-state index contributed by atoms with van der Waals surface area (Å²) in [5, 5.41) is 9.38. The quantitative estimate of drug-likeness (QED) is 0.447. The first-order valence-electron chi connectivity index (χ1n) is 9.51. The molecular weight excluding hydrogens is 324 g/mol. The monoisotopic (exact) mass is 354 g/mol. The summed E-state index contributed by atoms with van der Waals surface area (Å²) in [4.78, 5) is 11.4. The highest BCUT2D eigenvalue weighted by molar-refractivity contribution is 5.92. The number of rotatable bonds is 10. The molecule has 0 aliphatic carbocycles. The molecule has 0 unspecified atom stereocenters. The largest absolute Gasteiger partial charge is 0.496 e. The molecule has 3 nitrogen and oxygen atoms in total. The summed E-state index contributed by atoms with van der Waals surface area (Å²) in [5.41, 5.74) is 1.15. The van der Waals surface area contributed by atoms with Gasteiger partial charge in [0.1, 0.15) is 11.3 Å². The number of hydrogen-bond acceptors (Lipinski definition) is 2. The molecule has 0 spiro atoms. The molecule has 1 N–H and O–H groups in total. The highest BCUT2D eigenvalue weighted by Gasteiger charge is 2.15. The van der Waals surface area contributed by atoms with Crippen molar-refractivity contribution in [1.82, 2.24) is 0 Å². The van der Waals surface area contributed by atoms with E-state index >= 15 is 0 Å². The summed E-state index contributed by atoms with van der Waals surface area (Å²) in [5.74, 6) is 12.0. The van der Waals surface area contributed by atoms with Gasteiger partial charge in [0.25, 0.3) is 0 Å². The molecule has 0 bridgehead atoms. The second-order valence-electron chi connectivity index (χ2n) is 6.20. The molecule has 1 rings (SSSR count). The highest BCUT2D eigenvalue weighted by atomic mass is 16.5. The molecule has 26 heavy (non-hydrogen) atoms. The van der Waals surface area contributed by atoms with Gasteiger partial charge >= 0.3 is 5.97 Å². The number of carbonyl (C=O) groups is 1. The smallest absolute Gasteiger partial charge is 0.339 e. The van der Waals surface area contributed by atoms with Gasteiger partial charge < -0.3 is 9.84 Å². The Hall–Kier alpha value is -2.39. The van der Waals surface area contributed by atoms with E-state index in [0.29, 0.717) is 17.7 Å². The van der Waals surface area contributed by atoms with Crippen molar-refractivity contribution >= 4 is 5.97 Å². The van der Waals surface area contributed by atoms with Crippen LogP contribution in [0.1, 0.15) is 80.6 Å². The van der Waals surface area contributed by atoms with Crippen molar-refractivity contribution in [2.24, 2.45) is 0 Å². The standard InChI is InChI=1S/C23H30O3/c1-3-4-5-6-7-8-9-10-11-12-13-14-15-17-20-18-16-19-21(26-2)22(20)23(24)25/h16,18-19H,3-4,7,10-15,17H2,1-2H3,(H,24,25). The minimum absolute atomic E-state index is 0.298. The average molecular weight is 354 g/mol. The number of carboxylic acid groups (broad SMARTS) is 1. The number of methoxy groups -OCH3 is 1. The molecule has 1 aromatic carbocycles. The Morgan fingerprint density at radius 1 is 1.00 bits per heavy atom. The number of benzene rings is 1. The summed E-state index contributed by atoms with van der Waals surface area (Å²) in [6.07, 6.45) is 10.0. The zero-order valence-electron chi connectivity index (χ0n) is 16.1. The summed E-state index contributed by atoms with van der Waals surface area (Å²) in [7, 11) is 1.51. The lowest BCUT2D eigenvalue weighted by molar-refractivity contribution is 0.0692. The fourth-order valence-electron chi connectivity index (χ4n) is 2.73. The van der Waals surface area contributed by atoms with E-state index in [1.165, 1.54) is 13.5 Å². The number of unbranched alkanes of at least 4 members (excludes halogenated alkanes) is 6. The van der Waals surface area contributed by atoms with Crippen molar-refractivity contribution in [3.8, 4) is 29.4 Å². The van der Waals surface area contributed by atoms with Gasteiger partial charge in [-0.3, -0.25) is 0 Å². The highest BCUT2D eigenvalue weighted by Crippen LogP contribution is 2.24. The van der Waals surface area contributed by atoms with Crippen molar-refractivity contribution in [2.75, 3.05) is 7.11 Å². The maximum absolute atomic E-state index is 11.4. The maximum atomic E-state index is 11.4. The van der Waals surface area contributed by atoms with Gasteiger partial charge in [-0.1, -0.05) is 50.2 Å². The molecule has 140 valence electrons. The molecule has 0 aliphatic heterocycles. The average Bonchev–Trinajstić information content (AvgIpc) is 2.65. The molecule has 0 aromatic heterocycles. The number of aromatic carboxylic acids is 1. The Morgan fingerprint density at radius 3 is 2.38 bits per heavy atom. The van der Waals surface area contributed by atoms with Crippen LogP contribution in [-0.2, 0) is 6.42 Å². The first kappa shape index (κ1) is 21.7. The van der Waals surface area contributed by atoms with E-state index < -0.39 is 5.97 Å². The summed E-state index contributed by atoms with van der Waals surface area (Å²) in [6.45, 7) is 2.13. The first-order chi connectivity index (χ1) is 12.7. The fourth-order valence-corrected chi connectivity index (χ4v) is 2.73. The number of ether oxygens (including phenoxy) is 1. The molecule has 0 amide bonds. The van der Waals surface area contributed by atoms with Crippen molar-refractivity contribution in [2.45, 2.75) is 71.1 Å². The van der Waals surface area contributed by atoms with Gasteiger partial charge in [-0.05, 0) is 37.3 Å². The normalized spacial score (nSPS) is 9.62. The Morgan fingerprint density at radius 2 is 1.69 bits per heavy atom. The Bertz CT molecular complexity index is 668. The van der Waals surface area contributed by atoms with E-state index in [1.807, 2.05) is 12.1 Å². The Labute approximate surface area is 158 Å². The molecule has 0 heterocycles. The number of aryl methyl sites for hydroxylation is 1. The van der Waals surface area contributed by atoms with Crippen LogP contribution in [0.3, 0.4) is 0 Å². The predicted molar refractivity (Wildman–Crippen MR) is 106 cm³/mol. The van der Waals surface area contributed by atoms with Crippen LogP contribution < -0.4 is 4.74 Å². The van der Waals surface area contributed by atoms with Gasteiger partial charge in [0, 0.05) is 12.8 Å². The topological polar surface area (TPSA) is 46.5 Å². The molecular formula is C23H30O3. The van der Waals surface area contributed by atoms with Crippen LogP contribution in [0.5, 0.6) is 5.75 Å². The summed E-state index contributed by atoms with van der Waals surface area (Å²) >= 11 is 0. The molecule has 0 atom stereocenters. The van der Waals surface area contributed by atoms with Gasteiger partial charge in [-0.25, -0.2) is 4.79 Å². The lowest BCUT2D eigenvalue weighted by Crippen LogP contribution is -2.05. The van der Waals surface area contributed by atoms with Crippen LogP contribution in [0.25, 0.3) is 0 Å². The van der Waals surface area contributed by atoms with Crippen LogP contribution in [0.2, 0.25) is 0 Å². The van der Waals surface area contributed by atoms with E-state index in [-0.39, 0.29) is 0 Å². The van der Waals surface area contributed by atoms with Gasteiger partial charge in [0.05, 0.1) is 13.5 Å². The van der Waals surface area contributed by atoms with E-state index in [1.54, 1.807) is 6.07 Å². The lowest BCUT2D eigenvalue weighted by atomic mass is 9.99. The molecule has 3 heteroatoms. The molecule has 0 fully saturated rings. The minimum Gasteiger partial charge on any atom is -0.496 e. The van der Waals surface area contributed by atoms with Gasteiger partial charge in [-0.2, -0.15) is 0 Å². The number of carboxylic acids is 1. The van der Waals surface area contributed by atoms with Gasteiger partial charge in [-0.15, -0.1) is 11.8 Å². The van der Waals surface area contributed by atoms with Gasteiger partial charge in [0.2, 0.25) is 0 Å². The first-order valence-corrected chi connectivity index (χ1v) is 9.51. The van der Waals surface area contributed by atoms with E-state index in [4.69, 9.17) is 4.74 Å². The summed E-state index contributed by atoms with van der Waals surface area (Å²) < 4.78 is 5.16. The van der Waals surface area contributed by atoms with Crippen molar-refractivity contribution in [3.05, 3.63) is 29.3 Å². The van der Waals surface area contributed by atoms with Crippen LogP contribution >= 0.6 is 0 Å². The Kier molecular flexibility index (Phi) is 11.5. The van der Waals surface area contributed by atoms with Crippen molar-refractivity contribution in [3.63, 3.8) is 0 Å².